The molecule has 0 aromatic heterocycles. The van der Waals surface area contributed by atoms with Gasteiger partial charge in [0.1, 0.15) is 0 Å². The molecule has 1 rings (SSSR count). The van der Waals surface area contributed by atoms with E-state index in [4.69, 9.17) is 4.74 Å². The second kappa shape index (κ2) is 9.59. The number of nitrogens with zero attached hydrogens (tertiary/aromatic N) is 1. The Bertz CT molecular complexity index is 218. The summed E-state index contributed by atoms with van der Waals surface area (Å²) in [7, 11) is 0. The fourth-order valence-electron chi connectivity index (χ4n) is 1.71. The number of thioether (sulfide) groups is 1. The summed E-state index contributed by atoms with van der Waals surface area (Å²) in [6, 6.07) is 0. The number of nitrogens with one attached hydrogen (secondary N) is 2. The highest BCUT2D eigenvalue weighted by molar-refractivity contribution is 8.00. The lowest BCUT2D eigenvalue weighted by Gasteiger charge is -2.12. The third kappa shape index (κ3) is 6.78. The van der Waals surface area contributed by atoms with Crippen LogP contribution < -0.4 is 10.6 Å². The quantitative estimate of drug-likeness (QED) is 0.413. The summed E-state index contributed by atoms with van der Waals surface area (Å²) in [6.45, 7) is 8.25. The first-order valence-electron chi connectivity index (χ1n) is 6.58. The molecule has 1 aliphatic heterocycles. The lowest BCUT2D eigenvalue weighted by molar-refractivity contribution is 0.152. The maximum absolute atomic E-state index is 5.29. The molecule has 0 radical (unpaired) electrons. The van der Waals surface area contributed by atoms with Gasteiger partial charge in [-0.3, -0.25) is 4.99 Å². The van der Waals surface area contributed by atoms with Crippen molar-refractivity contribution in [3.05, 3.63) is 0 Å². The molecule has 5 heteroatoms. The van der Waals surface area contributed by atoms with Gasteiger partial charge in [-0.1, -0.05) is 0 Å². The average molecular weight is 259 g/mol. The Balaban J connectivity index is 2.22. The minimum atomic E-state index is 0.720. The summed E-state index contributed by atoms with van der Waals surface area (Å²) < 4.78 is 5.29. The minimum Gasteiger partial charge on any atom is -0.380 e. The summed E-state index contributed by atoms with van der Waals surface area (Å²) in [4.78, 5) is 4.61. The van der Waals surface area contributed by atoms with Gasteiger partial charge in [-0.25, -0.2) is 0 Å². The zero-order valence-electron chi connectivity index (χ0n) is 11.0. The zero-order valence-corrected chi connectivity index (χ0v) is 11.8. The molecule has 0 spiro atoms. The van der Waals surface area contributed by atoms with Crippen LogP contribution in [0.2, 0.25) is 0 Å². The Morgan fingerprint density at radius 2 is 2.29 bits per heavy atom. The Morgan fingerprint density at radius 3 is 2.94 bits per heavy atom. The molecule has 17 heavy (non-hydrogen) atoms. The molecule has 1 heterocycles. The maximum atomic E-state index is 5.29. The number of hydrogen-bond acceptors (Lipinski definition) is 3. The van der Waals surface area contributed by atoms with Crippen LogP contribution in [0.1, 0.15) is 26.7 Å². The molecular formula is C12H25N3OS. The van der Waals surface area contributed by atoms with Gasteiger partial charge >= 0.3 is 0 Å². The largest absolute Gasteiger partial charge is 0.380 e. The molecular weight excluding hydrogens is 234 g/mol. The molecule has 0 aromatic carbocycles. The summed E-state index contributed by atoms with van der Waals surface area (Å²) >= 11 is 2.05. The maximum Gasteiger partial charge on any atom is 0.191 e. The molecule has 1 atom stereocenters. The van der Waals surface area contributed by atoms with Crippen LogP contribution in [0.5, 0.6) is 0 Å². The molecule has 0 amide bonds. The highest BCUT2D eigenvalue weighted by Gasteiger charge is 2.14. The van der Waals surface area contributed by atoms with Crippen molar-refractivity contribution in [2.45, 2.75) is 31.9 Å². The molecule has 0 saturated carbocycles. The normalized spacial score (nSPS) is 20.6. The zero-order chi connectivity index (χ0) is 12.3. The Hall–Kier alpha value is -0.420. The van der Waals surface area contributed by atoms with E-state index in [1.54, 1.807) is 0 Å². The molecule has 100 valence electrons. The lowest BCUT2D eigenvalue weighted by Crippen LogP contribution is -2.39. The minimum absolute atomic E-state index is 0.720. The fourth-order valence-corrected chi connectivity index (χ4v) is 2.89. The highest BCUT2D eigenvalue weighted by atomic mass is 32.2. The third-order valence-corrected chi connectivity index (χ3v) is 3.94. The summed E-state index contributed by atoms with van der Waals surface area (Å²) in [5.74, 6) is 2.22. The van der Waals surface area contributed by atoms with E-state index in [1.807, 2.05) is 18.7 Å². The van der Waals surface area contributed by atoms with Crippen LogP contribution in [0.15, 0.2) is 4.99 Å². The van der Waals surface area contributed by atoms with Crippen molar-refractivity contribution in [2.24, 2.45) is 4.99 Å². The first kappa shape index (κ1) is 14.6. The lowest BCUT2D eigenvalue weighted by atomic mass is 10.2. The smallest absolute Gasteiger partial charge is 0.191 e. The van der Waals surface area contributed by atoms with E-state index < -0.39 is 0 Å². The van der Waals surface area contributed by atoms with Gasteiger partial charge in [0, 0.05) is 24.9 Å². The average Bonchev–Trinajstić information content (AvgIpc) is 2.84. The molecule has 0 aromatic rings. The summed E-state index contributed by atoms with van der Waals surface area (Å²) in [5.41, 5.74) is 0. The van der Waals surface area contributed by atoms with Gasteiger partial charge < -0.3 is 15.4 Å². The van der Waals surface area contributed by atoms with Crippen LogP contribution in [0.25, 0.3) is 0 Å². The molecule has 2 N–H and O–H groups in total. The van der Waals surface area contributed by atoms with Gasteiger partial charge in [-0.05, 0) is 32.4 Å². The molecule has 4 nitrogen and oxygen atoms in total. The Labute approximate surface area is 109 Å². The first-order chi connectivity index (χ1) is 8.36. The molecule has 0 aliphatic carbocycles. The van der Waals surface area contributed by atoms with Crippen molar-refractivity contribution >= 4 is 17.7 Å². The van der Waals surface area contributed by atoms with E-state index in [-0.39, 0.29) is 0 Å². The van der Waals surface area contributed by atoms with Gasteiger partial charge in [0.15, 0.2) is 5.96 Å². The predicted octanol–water partition coefficient (Wildman–Crippen LogP) is 1.47. The van der Waals surface area contributed by atoms with E-state index in [0.29, 0.717) is 0 Å². The molecule has 1 saturated heterocycles. The van der Waals surface area contributed by atoms with E-state index in [9.17, 15) is 0 Å². The summed E-state index contributed by atoms with van der Waals surface area (Å²) in [5, 5.41) is 7.26. The predicted molar refractivity (Wildman–Crippen MR) is 76.0 cm³/mol. The van der Waals surface area contributed by atoms with Crippen molar-refractivity contribution in [1.82, 2.24) is 10.6 Å². The van der Waals surface area contributed by atoms with Crippen molar-refractivity contribution in [3.63, 3.8) is 0 Å². The van der Waals surface area contributed by atoms with Crippen LogP contribution >= 0.6 is 11.8 Å². The van der Waals surface area contributed by atoms with Crippen molar-refractivity contribution < 1.29 is 4.74 Å². The third-order valence-electron chi connectivity index (χ3n) is 2.56. The van der Waals surface area contributed by atoms with E-state index in [1.165, 1.54) is 18.6 Å². The van der Waals surface area contributed by atoms with Crippen LogP contribution in [-0.2, 0) is 4.74 Å². The number of hydrogen-bond donors (Lipinski definition) is 2. The Kier molecular flexibility index (Phi) is 8.26. The second-order valence-electron chi connectivity index (χ2n) is 3.98. The fraction of sp³-hybridized carbons (Fsp3) is 0.917. The number of guanidine groups is 1. The monoisotopic (exact) mass is 259 g/mol. The topological polar surface area (TPSA) is 45.7 Å². The number of aliphatic imine (C=N–C) groups is 1. The molecule has 1 unspecified atom stereocenters. The Morgan fingerprint density at radius 1 is 1.41 bits per heavy atom. The van der Waals surface area contributed by atoms with E-state index in [2.05, 4.69) is 22.5 Å². The highest BCUT2D eigenvalue weighted by Crippen LogP contribution is 2.25. The van der Waals surface area contributed by atoms with E-state index in [0.717, 1.165) is 44.1 Å². The van der Waals surface area contributed by atoms with Gasteiger partial charge in [0.25, 0.3) is 0 Å². The molecule has 1 aliphatic rings. The van der Waals surface area contributed by atoms with Gasteiger partial charge in [0.2, 0.25) is 0 Å². The number of rotatable bonds is 7. The van der Waals surface area contributed by atoms with Gasteiger partial charge in [0.05, 0.1) is 13.2 Å². The summed E-state index contributed by atoms with van der Waals surface area (Å²) in [6.07, 6.45) is 2.66. The van der Waals surface area contributed by atoms with Crippen molar-refractivity contribution in [3.8, 4) is 0 Å². The van der Waals surface area contributed by atoms with Crippen LogP contribution in [-0.4, -0.2) is 49.8 Å². The van der Waals surface area contributed by atoms with Crippen LogP contribution in [0, 0.1) is 0 Å². The second-order valence-corrected chi connectivity index (χ2v) is 5.39. The van der Waals surface area contributed by atoms with Crippen LogP contribution in [0.3, 0.4) is 0 Å². The first-order valence-corrected chi connectivity index (χ1v) is 7.63. The molecule has 0 bridgehead atoms. The van der Waals surface area contributed by atoms with Crippen molar-refractivity contribution in [2.75, 3.05) is 38.6 Å². The van der Waals surface area contributed by atoms with Gasteiger partial charge in [-0.2, -0.15) is 11.8 Å². The SMILES string of the molecule is CCNC(=NCC1CCCS1)NCCOCC. The van der Waals surface area contributed by atoms with Crippen molar-refractivity contribution in [1.29, 1.82) is 0 Å². The van der Waals surface area contributed by atoms with Gasteiger partial charge in [-0.15, -0.1) is 0 Å². The van der Waals surface area contributed by atoms with E-state index >= 15 is 0 Å². The standard InChI is InChI=1S/C12H25N3OS/c1-3-13-12(14-7-8-16-4-2)15-10-11-6-5-9-17-11/h11H,3-10H2,1-2H3,(H2,13,14,15). The molecule has 1 fully saturated rings. The van der Waals surface area contributed by atoms with Crippen LogP contribution in [0.4, 0.5) is 0 Å². The number of ether oxygens (including phenoxy) is 1.